The number of nitrogens with two attached hydrogens (primary N) is 1. The lowest BCUT2D eigenvalue weighted by molar-refractivity contribution is 0.631. The van der Waals surface area contributed by atoms with Crippen LogP contribution >= 0.6 is 24.0 Å². The van der Waals surface area contributed by atoms with E-state index in [0.29, 0.717) is 11.9 Å². The highest BCUT2D eigenvalue weighted by Crippen LogP contribution is 1.94. The van der Waals surface area contributed by atoms with Crippen LogP contribution in [0.3, 0.4) is 0 Å². The lowest BCUT2D eigenvalue weighted by atomic mass is 10.2. The Bertz CT molecular complexity index is 360. The maximum absolute atomic E-state index is 5.73. The number of rotatable bonds is 6. The predicted molar refractivity (Wildman–Crippen MR) is 84.1 cm³/mol. The first-order chi connectivity index (χ1) is 8.13. The average molecular weight is 366 g/mol. The van der Waals surface area contributed by atoms with Crippen LogP contribution in [0.15, 0.2) is 11.3 Å². The summed E-state index contributed by atoms with van der Waals surface area (Å²) in [5, 5.41) is 11.0. The summed E-state index contributed by atoms with van der Waals surface area (Å²) in [4.78, 5) is 4.23. The fourth-order valence-electron chi connectivity index (χ4n) is 1.38. The number of nitrogens with zero attached hydrogens (tertiary/aromatic N) is 4. The molecule has 1 aromatic rings. The SMILES string of the molecule is CCc1nncn1CCNC(N)=NCC(C)C.I. The van der Waals surface area contributed by atoms with Crippen molar-refractivity contribution < 1.29 is 0 Å². The highest BCUT2D eigenvalue weighted by Gasteiger charge is 2.00. The van der Waals surface area contributed by atoms with Gasteiger partial charge in [0.25, 0.3) is 0 Å². The van der Waals surface area contributed by atoms with E-state index in [1.165, 1.54) is 0 Å². The number of halogens is 1. The molecular formula is C11H23IN6. The third-order valence-electron chi connectivity index (χ3n) is 2.30. The van der Waals surface area contributed by atoms with E-state index in [-0.39, 0.29) is 24.0 Å². The second kappa shape index (κ2) is 9.12. The molecular weight excluding hydrogens is 343 g/mol. The molecule has 0 fully saturated rings. The summed E-state index contributed by atoms with van der Waals surface area (Å²) in [6, 6.07) is 0. The zero-order valence-electron chi connectivity index (χ0n) is 11.3. The Morgan fingerprint density at radius 1 is 1.56 bits per heavy atom. The van der Waals surface area contributed by atoms with Crippen molar-refractivity contribution in [3.8, 4) is 0 Å². The lowest BCUT2D eigenvalue weighted by Crippen LogP contribution is -2.34. The van der Waals surface area contributed by atoms with E-state index < -0.39 is 0 Å². The molecule has 0 saturated heterocycles. The summed E-state index contributed by atoms with van der Waals surface area (Å²) in [7, 11) is 0. The van der Waals surface area contributed by atoms with Gasteiger partial charge in [0, 0.05) is 26.1 Å². The number of aromatic nitrogens is 3. The molecule has 0 aliphatic heterocycles. The smallest absolute Gasteiger partial charge is 0.188 e. The molecule has 0 bridgehead atoms. The van der Waals surface area contributed by atoms with Gasteiger partial charge in [-0.3, -0.25) is 4.99 Å². The normalized spacial score (nSPS) is 11.4. The van der Waals surface area contributed by atoms with Crippen molar-refractivity contribution in [3.63, 3.8) is 0 Å². The van der Waals surface area contributed by atoms with Crippen LogP contribution in [0.25, 0.3) is 0 Å². The largest absolute Gasteiger partial charge is 0.370 e. The van der Waals surface area contributed by atoms with E-state index in [9.17, 15) is 0 Å². The lowest BCUT2D eigenvalue weighted by Gasteiger charge is -2.08. The van der Waals surface area contributed by atoms with Crippen molar-refractivity contribution in [2.45, 2.75) is 33.7 Å². The molecule has 1 heterocycles. The number of aryl methyl sites for hydroxylation is 1. The topological polar surface area (TPSA) is 81.1 Å². The Morgan fingerprint density at radius 2 is 2.28 bits per heavy atom. The van der Waals surface area contributed by atoms with Gasteiger partial charge in [-0.15, -0.1) is 34.2 Å². The van der Waals surface area contributed by atoms with Gasteiger partial charge in [-0.25, -0.2) is 0 Å². The van der Waals surface area contributed by atoms with Gasteiger partial charge >= 0.3 is 0 Å². The van der Waals surface area contributed by atoms with E-state index in [1.54, 1.807) is 6.33 Å². The maximum Gasteiger partial charge on any atom is 0.188 e. The molecule has 104 valence electrons. The van der Waals surface area contributed by atoms with Gasteiger partial charge in [-0.2, -0.15) is 0 Å². The standard InChI is InChI=1S/C11H22N6.HI/c1-4-10-16-15-8-17(10)6-5-13-11(12)14-7-9(2)3;/h8-9H,4-7H2,1-3H3,(H3,12,13,14);1H. The second-order valence-corrected chi connectivity index (χ2v) is 4.34. The van der Waals surface area contributed by atoms with Crippen molar-refractivity contribution in [1.29, 1.82) is 0 Å². The maximum atomic E-state index is 5.73. The number of hydrogen-bond acceptors (Lipinski definition) is 3. The molecule has 1 aromatic heterocycles. The molecule has 1 rings (SSSR count). The highest BCUT2D eigenvalue weighted by atomic mass is 127. The summed E-state index contributed by atoms with van der Waals surface area (Å²) < 4.78 is 2.02. The Labute approximate surface area is 125 Å². The van der Waals surface area contributed by atoms with E-state index in [2.05, 4.69) is 41.3 Å². The van der Waals surface area contributed by atoms with Crippen molar-refractivity contribution in [2.24, 2.45) is 16.6 Å². The highest BCUT2D eigenvalue weighted by molar-refractivity contribution is 14.0. The first kappa shape index (κ1) is 17.1. The van der Waals surface area contributed by atoms with Crippen molar-refractivity contribution in [1.82, 2.24) is 20.1 Å². The average Bonchev–Trinajstić information content (AvgIpc) is 2.74. The summed E-state index contributed by atoms with van der Waals surface area (Å²) in [6.07, 6.45) is 2.62. The van der Waals surface area contributed by atoms with Gasteiger partial charge in [0.2, 0.25) is 0 Å². The number of aliphatic imine (C=N–C) groups is 1. The molecule has 0 aliphatic carbocycles. The zero-order chi connectivity index (χ0) is 12.7. The molecule has 18 heavy (non-hydrogen) atoms. The third-order valence-corrected chi connectivity index (χ3v) is 2.30. The van der Waals surface area contributed by atoms with Crippen LogP contribution in [0.2, 0.25) is 0 Å². The molecule has 3 N–H and O–H groups in total. The van der Waals surface area contributed by atoms with E-state index in [1.807, 2.05) is 4.57 Å². The van der Waals surface area contributed by atoms with Gasteiger partial charge in [-0.05, 0) is 5.92 Å². The van der Waals surface area contributed by atoms with Crippen LogP contribution < -0.4 is 11.1 Å². The molecule has 0 saturated carbocycles. The molecule has 7 heteroatoms. The Balaban J connectivity index is 0.00000289. The fraction of sp³-hybridized carbons (Fsp3) is 0.727. The van der Waals surface area contributed by atoms with Crippen LogP contribution in [0.1, 0.15) is 26.6 Å². The van der Waals surface area contributed by atoms with E-state index in [4.69, 9.17) is 5.73 Å². The molecule has 0 radical (unpaired) electrons. The number of nitrogens with one attached hydrogen (secondary N) is 1. The summed E-state index contributed by atoms with van der Waals surface area (Å²) in [6.45, 7) is 8.58. The van der Waals surface area contributed by atoms with Gasteiger partial charge in [-0.1, -0.05) is 20.8 Å². The quantitative estimate of drug-likeness (QED) is 0.448. The monoisotopic (exact) mass is 366 g/mol. The van der Waals surface area contributed by atoms with Crippen molar-refractivity contribution >= 4 is 29.9 Å². The van der Waals surface area contributed by atoms with E-state index >= 15 is 0 Å². The first-order valence-corrected chi connectivity index (χ1v) is 6.04. The summed E-state index contributed by atoms with van der Waals surface area (Å²) in [5.41, 5.74) is 5.73. The van der Waals surface area contributed by atoms with Crippen molar-refractivity contribution in [2.75, 3.05) is 13.1 Å². The Kier molecular flexibility index (Phi) is 8.69. The first-order valence-electron chi connectivity index (χ1n) is 6.04. The van der Waals surface area contributed by atoms with E-state index in [0.717, 1.165) is 31.9 Å². The molecule has 6 nitrogen and oxygen atoms in total. The minimum absolute atomic E-state index is 0. The molecule has 0 unspecified atom stereocenters. The number of guanidine groups is 1. The predicted octanol–water partition coefficient (Wildman–Crippen LogP) is 1.02. The molecule has 0 atom stereocenters. The number of hydrogen-bond donors (Lipinski definition) is 2. The van der Waals surface area contributed by atoms with Gasteiger partial charge in [0.15, 0.2) is 5.96 Å². The van der Waals surface area contributed by atoms with Crippen LogP contribution in [-0.4, -0.2) is 33.8 Å². The third kappa shape index (κ3) is 6.18. The van der Waals surface area contributed by atoms with Gasteiger partial charge in [0.1, 0.15) is 12.2 Å². The van der Waals surface area contributed by atoms with Crippen LogP contribution in [0.5, 0.6) is 0 Å². The minimum Gasteiger partial charge on any atom is -0.370 e. The van der Waals surface area contributed by atoms with Crippen molar-refractivity contribution in [3.05, 3.63) is 12.2 Å². The fourth-order valence-corrected chi connectivity index (χ4v) is 1.38. The molecule has 0 aromatic carbocycles. The van der Waals surface area contributed by atoms with Crippen LogP contribution in [0.4, 0.5) is 0 Å². The minimum atomic E-state index is 0. The molecule has 0 spiro atoms. The van der Waals surface area contributed by atoms with Crippen LogP contribution in [0, 0.1) is 5.92 Å². The van der Waals surface area contributed by atoms with Gasteiger partial charge < -0.3 is 15.6 Å². The summed E-state index contributed by atoms with van der Waals surface area (Å²) >= 11 is 0. The van der Waals surface area contributed by atoms with Gasteiger partial charge in [0.05, 0.1) is 0 Å². The van der Waals surface area contributed by atoms with Crippen LogP contribution in [-0.2, 0) is 13.0 Å². The Hall–Kier alpha value is -0.860. The second-order valence-electron chi connectivity index (χ2n) is 4.34. The Morgan fingerprint density at radius 3 is 2.89 bits per heavy atom. The zero-order valence-corrected chi connectivity index (χ0v) is 13.6. The summed E-state index contributed by atoms with van der Waals surface area (Å²) in [5.74, 6) is 2.02. The molecule has 0 amide bonds. The molecule has 0 aliphatic rings.